The summed E-state index contributed by atoms with van der Waals surface area (Å²) in [7, 11) is 1.42. The van der Waals surface area contributed by atoms with E-state index >= 15 is 0 Å². The summed E-state index contributed by atoms with van der Waals surface area (Å²) in [5.41, 5.74) is 3.07. The molecule has 0 spiro atoms. The quantitative estimate of drug-likeness (QED) is 0.636. The molecule has 2 amide bonds. The standard InChI is InChI=1S/C27H36FN5O3.H2O/c1-17-29-25-16-31(27(35)36-3)11-10-26(25)33(17)23-14-21-7-8-22(15-23)32(21)12-9-24(30-18(2)34)19-5-4-6-20(28)13-19;/h4-6,13,21-24H,7-12,14-16H2,1-3H3,(H,30,34);1H2/t21?,22?,23?,24-;/m0./s1. The molecule has 1 aromatic heterocycles. The van der Waals surface area contributed by atoms with Crippen LogP contribution < -0.4 is 5.32 Å². The van der Waals surface area contributed by atoms with Crippen LogP contribution in [0.1, 0.15) is 73.9 Å². The average Bonchev–Trinajstić information content (AvgIpc) is 3.30. The van der Waals surface area contributed by atoms with Crippen LogP contribution in [0.3, 0.4) is 0 Å². The fourth-order valence-corrected chi connectivity index (χ4v) is 6.70. The van der Waals surface area contributed by atoms with Crippen molar-refractivity contribution < 1.29 is 24.2 Å². The molecule has 9 nitrogen and oxygen atoms in total. The third kappa shape index (κ3) is 5.50. The summed E-state index contributed by atoms with van der Waals surface area (Å²) in [4.78, 5) is 33.0. The Bertz CT molecular complexity index is 1120. The number of methoxy groups -OCH3 is 1. The number of halogens is 1. The topological polar surface area (TPSA) is 111 Å². The van der Waals surface area contributed by atoms with Crippen molar-refractivity contribution in [3.05, 3.63) is 52.9 Å². The number of aromatic nitrogens is 2. The zero-order chi connectivity index (χ0) is 25.4. The van der Waals surface area contributed by atoms with Gasteiger partial charge in [0.05, 0.1) is 25.4 Å². The predicted molar refractivity (Wildman–Crippen MR) is 136 cm³/mol. The highest BCUT2D eigenvalue weighted by atomic mass is 19.1. The maximum absolute atomic E-state index is 13.8. The lowest BCUT2D eigenvalue weighted by Crippen LogP contribution is -2.45. The summed E-state index contributed by atoms with van der Waals surface area (Å²) in [6.07, 6.45) is 5.76. The summed E-state index contributed by atoms with van der Waals surface area (Å²) >= 11 is 0. The molecule has 0 radical (unpaired) electrons. The molecule has 3 atom stereocenters. The number of hydrogen-bond acceptors (Lipinski definition) is 5. The first-order valence-electron chi connectivity index (χ1n) is 13.0. The number of imidazole rings is 1. The second kappa shape index (κ2) is 11.2. The van der Waals surface area contributed by atoms with Crippen LogP contribution in [0.25, 0.3) is 0 Å². The molecule has 1 aromatic carbocycles. The van der Waals surface area contributed by atoms with Crippen molar-refractivity contribution in [2.24, 2.45) is 0 Å². The largest absolute Gasteiger partial charge is 0.453 e. The van der Waals surface area contributed by atoms with Crippen LogP contribution >= 0.6 is 0 Å². The van der Waals surface area contributed by atoms with Gasteiger partial charge in [-0.05, 0) is 56.7 Å². The van der Waals surface area contributed by atoms with Crippen molar-refractivity contribution in [2.45, 2.75) is 83.1 Å². The number of hydrogen-bond donors (Lipinski definition) is 1. The molecule has 2 bridgehead atoms. The summed E-state index contributed by atoms with van der Waals surface area (Å²) in [6.45, 7) is 5.62. The van der Waals surface area contributed by atoms with E-state index in [9.17, 15) is 14.0 Å². The number of carbonyl (C=O) groups is 2. The minimum atomic E-state index is -0.296. The molecule has 4 heterocycles. The lowest BCUT2D eigenvalue weighted by Gasteiger charge is -2.41. The van der Waals surface area contributed by atoms with Gasteiger partial charge in [0.15, 0.2) is 0 Å². The zero-order valence-electron chi connectivity index (χ0n) is 21.9. The molecule has 10 heteroatoms. The van der Waals surface area contributed by atoms with Crippen LogP contribution in [0.2, 0.25) is 0 Å². The number of fused-ring (bicyclic) bond motifs is 3. The van der Waals surface area contributed by atoms with E-state index in [0.29, 0.717) is 31.2 Å². The molecule has 2 unspecified atom stereocenters. The van der Waals surface area contributed by atoms with Gasteiger partial charge in [-0.25, -0.2) is 14.2 Å². The van der Waals surface area contributed by atoms with E-state index < -0.39 is 0 Å². The number of carbonyl (C=O) groups excluding carboxylic acids is 2. The van der Waals surface area contributed by atoms with E-state index in [2.05, 4.69) is 21.7 Å². The Morgan fingerprint density at radius 1 is 1.22 bits per heavy atom. The molecule has 2 aromatic rings. The number of rotatable bonds is 6. The van der Waals surface area contributed by atoms with Crippen LogP contribution in [-0.2, 0) is 22.5 Å². The molecule has 37 heavy (non-hydrogen) atoms. The summed E-state index contributed by atoms with van der Waals surface area (Å²) in [5.74, 6) is 0.649. The molecule has 2 saturated heterocycles. The summed E-state index contributed by atoms with van der Waals surface area (Å²) in [6, 6.07) is 7.74. The number of amides is 2. The smallest absolute Gasteiger partial charge is 0.409 e. The molecular weight excluding hydrogens is 477 g/mol. The van der Waals surface area contributed by atoms with Crippen LogP contribution in [-0.4, -0.2) is 69.1 Å². The minimum absolute atomic E-state index is 0. The van der Waals surface area contributed by atoms with Gasteiger partial charge in [0.25, 0.3) is 0 Å². The first-order valence-corrected chi connectivity index (χ1v) is 13.0. The molecule has 3 aliphatic heterocycles. The van der Waals surface area contributed by atoms with Crippen molar-refractivity contribution in [3.8, 4) is 0 Å². The molecule has 0 saturated carbocycles. The van der Waals surface area contributed by atoms with E-state index in [-0.39, 0.29) is 29.3 Å². The van der Waals surface area contributed by atoms with E-state index in [1.165, 1.54) is 44.7 Å². The van der Waals surface area contributed by atoms with Crippen molar-refractivity contribution in [3.63, 3.8) is 0 Å². The Balaban J connectivity index is 0.00000320. The highest BCUT2D eigenvalue weighted by Gasteiger charge is 2.42. The van der Waals surface area contributed by atoms with Crippen molar-refractivity contribution in [2.75, 3.05) is 20.2 Å². The zero-order valence-corrected chi connectivity index (χ0v) is 21.9. The van der Waals surface area contributed by atoms with Gasteiger partial charge in [-0.15, -0.1) is 0 Å². The minimum Gasteiger partial charge on any atom is -0.453 e. The van der Waals surface area contributed by atoms with Gasteiger partial charge < -0.3 is 25.0 Å². The molecule has 202 valence electrons. The van der Waals surface area contributed by atoms with Crippen molar-refractivity contribution in [1.82, 2.24) is 24.7 Å². The first-order chi connectivity index (χ1) is 17.3. The fraction of sp³-hybridized carbons (Fsp3) is 0.593. The Morgan fingerprint density at radius 3 is 2.59 bits per heavy atom. The number of nitrogens with zero attached hydrogens (tertiary/aromatic N) is 4. The van der Waals surface area contributed by atoms with Crippen LogP contribution in [0.15, 0.2) is 24.3 Å². The van der Waals surface area contributed by atoms with Gasteiger partial charge in [-0.1, -0.05) is 12.1 Å². The van der Waals surface area contributed by atoms with Crippen LogP contribution in [0.5, 0.6) is 0 Å². The monoisotopic (exact) mass is 515 g/mol. The van der Waals surface area contributed by atoms with Gasteiger partial charge in [0.1, 0.15) is 11.6 Å². The van der Waals surface area contributed by atoms with Gasteiger partial charge in [-0.2, -0.15) is 0 Å². The third-order valence-corrected chi connectivity index (χ3v) is 8.19. The van der Waals surface area contributed by atoms with Gasteiger partial charge in [0.2, 0.25) is 5.91 Å². The van der Waals surface area contributed by atoms with Crippen molar-refractivity contribution >= 4 is 12.0 Å². The maximum Gasteiger partial charge on any atom is 0.409 e. The SMILES string of the molecule is COC(=O)N1CCc2c(nc(C)n2C2CC3CCC(C2)N3CC[C@H](NC(C)=O)c2cccc(F)c2)C1.O. The maximum atomic E-state index is 13.8. The molecule has 3 aliphatic rings. The lowest BCUT2D eigenvalue weighted by atomic mass is 9.94. The average molecular weight is 516 g/mol. The highest BCUT2D eigenvalue weighted by Crippen LogP contribution is 2.43. The number of ether oxygens (including phenoxy) is 1. The summed E-state index contributed by atoms with van der Waals surface area (Å²) in [5, 5.41) is 3.02. The number of benzene rings is 1. The highest BCUT2D eigenvalue weighted by molar-refractivity contribution is 5.73. The van der Waals surface area contributed by atoms with E-state index in [4.69, 9.17) is 9.72 Å². The van der Waals surface area contributed by atoms with E-state index in [1.807, 2.05) is 6.07 Å². The molecule has 2 fully saturated rings. The second-order valence-corrected chi connectivity index (χ2v) is 10.4. The van der Waals surface area contributed by atoms with Crippen LogP contribution in [0, 0.1) is 12.7 Å². The number of piperidine rings is 1. The van der Waals surface area contributed by atoms with Crippen LogP contribution in [0.4, 0.5) is 9.18 Å². The van der Waals surface area contributed by atoms with Gasteiger partial charge in [0, 0.05) is 50.3 Å². The fourth-order valence-electron chi connectivity index (χ4n) is 6.70. The predicted octanol–water partition coefficient (Wildman–Crippen LogP) is 3.07. The molecule has 5 rings (SSSR count). The molecule has 0 aliphatic carbocycles. The lowest BCUT2D eigenvalue weighted by molar-refractivity contribution is -0.119. The number of aryl methyl sites for hydroxylation is 1. The van der Waals surface area contributed by atoms with E-state index in [0.717, 1.165) is 49.3 Å². The first kappa shape index (κ1) is 27.1. The Morgan fingerprint density at radius 2 is 1.95 bits per heavy atom. The normalized spacial score (nSPS) is 23.7. The Hall–Kier alpha value is -2.98. The Labute approximate surface area is 217 Å². The van der Waals surface area contributed by atoms with Gasteiger partial charge >= 0.3 is 6.09 Å². The second-order valence-electron chi connectivity index (χ2n) is 10.4. The third-order valence-electron chi connectivity index (χ3n) is 8.19. The van der Waals surface area contributed by atoms with Gasteiger partial charge in [-0.3, -0.25) is 9.69 Å². The van der Waals surface area contributed by atoms with E-state index in [1.54, 1.807) is 11.0 Å². The number of nitrogens with one attached hydrogen (secondary N) is 1. The Kier molecular flexibility index (Phi) is 8.18. The molecular formula is C27H38FN5O4. The summed E-state index contributed by atoms with van der Waals surface area (Å²) < 4.78 is 21.2. The molecule has 3 N–H and O–H groups in total. The van der Waals surface area contributed by atoms with Crippen molar-refractivity contribution in [1.29, 1.82) is 0 Å².